The number of carbonyl (C=O) groups is 1. The highest BCUT2D eigenvalue weighted by atomic mass is 19.4. The van der Waals surface area contributed by atoms with E-state index in [4.69, 9.17) is 4.74 Å². The Kier molecular flexibility index (Phi) is 6.42. The zero-order valence-electron chi connectivity index (χ0n) is 17.2. The van der Waals surface area contributed by atoms with Gasteiger partial charge in [0, 0.05) is 18.2 Å². The fourth-order valence-electron chi connectivity index (χ4n) is 4.64. The van der Waals surface area contributed by atoms with Gasteiger partial charge in [0.05, 0.1) is 13.2 Å². The number of amides is 1. The SMILES string of the molecule is O=C(NC1CC1)c1c(F)cc(OCC[C@@H]2C[C@@H]2C2CCN(CC(F)(F)F)CC2)cc1F. The Balaban J connectivity index is 1.19. The van der Waals surface area contributed by atoms with Crippen molar-refractivity contribution in [2.24, 2.45) is 17.8 Å². The molecule has 0 bridgehead atoms. The van der Waals surface area contributed by atoms with E-state index in [0.29, 0.717) is 37.5 Å². The van der Waals surface area contributed by atoms with E-state index in [-0.39, 0.29) is 11.8 Å². The fraction of sp³-hybridized carbons (Fsp3) is 0.682. The lowest BCUT2D eigenvalue weighted by Gasteiger charge is -2.32. The van der Waals surface area contributed by atoms with Crippen LogP contribution in [0.15, 0.2) is 12.1 Å². The van der Waals surface area contributed by atoms with Gasteiger partial charge in [-0.1, -0.05) is 0 Å². The van der Waals surface area contributed by atoms with Gasteiger partial charge in [-0.15, -0.1) is 0 Å². The third-order valence-electron chi connectivity index (χ3n) is 6.53. The average molecular weight is 446 g/mol. The van der Waals surface area contributed by atoms with Gasteiger partial charge in [0.15, 0.2) is 0 Å². The van der Waals surface area contributed by atoms with Crippen LogP contribution in [0.2, 0.25) is 0 Å². The van der Waals surface area contributed by atoms with E-state index in [1.165, 1.54) is 4.90 Å². The van der Waals surface area contributed by atoms with E-state index in [9.17, 15) is 26.7 Å². The monoisotopic (exact) mass is 446 g/mol. The summed E-state index contributed by atoms with van der Waals surface area (Å²) in [5.74, 6) is -1.20. The number of rotatable bonds is 8. The van der Waals surface area contributed by atoms with Gasteiger partial charge in [-0.05, 0) is 69.4 Å². The number of alkyl halides is 3. The first-order chi connectivity index (χ1) is 14.7. The lowest BCUT2D eigenvalue weighted by molar-refractivity contribution is -0.148. The number of likely N-dealkylation sites (tertiary alicyclic amines) is 1. The summed E-state index contributed by atoms with van der Waals surface area (Å²) >= 11 is 0. The summed E-state index contributed by atoms with van der Waals surface area (Å²) < 4.78 is 71.4. The van der Waals surface area contributed by atoms with E-state index in [1.807, 2.05) is 0 Å². The van der Waals surface area contributed by atoms with Crippen LogP contribution in [0.4, 0.5) is 22.0 Å². The molecule has 1 aliphatic heterocycles. The second kappa shape index (κ2) is 8.92. The minimum atomic E-state index is -4.15. The molecule has 31 heavy (non-hydrogen) atoms. The lowest BCUT2D eigenvalue weighted by Crippen LogP contribution is -2.40. The van der Waals surface area contributed by atoms with Gasteiger partial charge >= 0.3 is 6.18 Å². The van der Waals surface area contributed by atoms with Crippen LogP contribution >= 0.6 is 0 Å². The zero-order valence-corrected chi connectivity index (χ0v) is 17.2. The van der Waals surface area contributed by atoms with Gasteiger partial charge in [0.2, 0.25) is 0 Å². The molecule has 0 spiro atoms. The summed E-state index contributed by atoms with van der Waals surface area (Å²) in [6.07, 6.45) is 0.815. The summed E-state index contributed by atoms with van der Waals surface area (Å²) in [5, 5.41) is 2.57. The van der Waals surface area contributed by atoms with Crippen molar-refractivity contribution >= 4 is 5.91 Å². The number of hydrogen-bond donors (Lipinski definition) is 1. The maximum absolute atomic E-state index is 14.2. The number of nitrogens with zero attached hydrogens (tertiary/aromatic N) is 1. The van der Waals surface area contributed by atoms with E-state index in [2.05, 4.69) is 5.32 Å². The summed E-state index contributed by atoms with van der Waals surface area (Å²) in [5.41, 5.74) is -0.585. The number of ether oxygens (including phenoxy) is 1. The molecular weight excluding hydrogens is 419 g/mol. The largest absolute Gasteiger partial charge is 0.493 e. The third kappa shape index (κ3) is 6.08. The van der Waals surface area contributed by atoms with Crippen molar-refractivity contribution in [1.82, 2.24) is 10.2 Å². The number of piperidine rings is 1. The number of nitrogens with one attached hydrogen (secondary N) is 1. The molecule has 0 radical (unpaired) electrons. The van der Waals surface area contributed by atoms with Crippen LogP contribution in [0.5, 0.6) is 5.75 Å². The molecule has 0 unspecified atom stereocenters. The van der Waals surface area contributed by atoms with Crippen LogP contribution in [0.25, 0.3) is 0 Å². The minimum Gasteiger partial charge on any atom is -0.493 e. The van der Waals surface area contributed by atoms with Crippen molar-refractivity contribution in [1.29, 1.82) is 0 Å². The van der Waals surface area contributed by atoms with Crippen LogP contribution in [-0.2, 0) is 0 Å². The van der Waals surface area contributed by atoms with E-state index >= 15 is 0 Å². The normalized spacial score (nSPS) is 24.8. The zero-order chi connectivity index (χ0) is 22.2. The molecule has 1 aromatic carbocycles. The molecule has 3 aliphatic rings. The maximum Gasteiger partial charge on any atom is 0.401 e. The molecule has 1 heterocycles. The van der Waals surface area contributed by atoms with Crippen molar-refractivity contribution in [3.8, 4) is 5.75 Å². The van der Waals surface area contributed by atoms with Gasteiger partial charge in [-0.3, -0.25) is 9.69 Å². The van der Waals surface area contributed by atoms with Gasteiger partial charge in [0.1, 0.15) is 22.9 Å². The Labute approximate surface area is 178 Å². The topological polar surface area (TPSA) is 41.6 Å². The standard InChI is InChI=1S/C22H27F5N2O2/c23-18-10-16(11-19(24)20(18)21(30)28-15-1-2-15)31-8-5-14-9-17(14)13-3-6-29(7-4-13)12-22(25,26)27/h10-11,13-15,17H,1-9,12H2,(H,28,30)/t14-,17-/m1/s1. The second-order valence-corrected chi connectivity index (χ2v) is 9.04. The quantitative estimate of drug-likeness (QED) is 0.597. The molecule has 172 valence electrons. The van der Waals surface area contributed by atoms with Crippen molar-refractivity contribution in [3.05, 3.63) is 29.3 Å². The minimum absolute atomic E-state index is 0.00518. The molecule has 1 saturated heterocycles. The predicted octanol–water partition coefficient (Wildman–Crippen LogP) is 4.54. The molecule has 3 fully saturated rings. The van der Waals surface area contributed by atoms with Crippen molar-refractivity contribution in [3.63, 3.8) is 0 Å². The smallest absolute Gasteiger partial charge is 0.401 e. The van der Waals surface area contributed by atoms with Crippen LogP contribution in [0.1, 0.15) is 48.9 Å². The van der Waals surface area contributed by atoms with Crippen molar-refractivity contribution in [2.75, 3.05) is 26.2 Å². The summed E-state index contributed by atoms with van der Waals surface area (Å²) in [6, 6.07) is 2.07. The first-order valence-corrected chi connectivity index (χ1v) is 10.9. The van der Waals surface area contributed by atoms with E-state index < -0.39 is 35.8 Å². The molecule has 1 N–H and O–H groups in total. The maximum atomic E-state index is 14.2. The van der Waals surface area contributed by atoms with Gasteiger partial charge in [-0.2, -0.15) is 13.2 Å². The van der Waals surface area contributed by atoms with Crippen LogP contribution in [0, 0.1) is 29.4 Å². The Morgan fingerprint density at radius 3 is 2.32 bits per heavy atom. The molecular formula is C22H27F5N2O2. The number of hydrogen-bond acceptors (Lipinski definition) is 3. The number of benzene rings is 1. The lowest BCUT2D eigenvalue weighted by atomic mass is 9.90. The first kappa shape index (κ1) is 22.3. The number of carbonyl (C=O) groups excluding carboxylic acids is 1. The average Bonchev–Trinajstić information content (AvgIpc) is 3.57. The molecule has 9 heteroatoms. The molecule has 0 aromatic heterocycles. The molecule has 4 rings (SSSR count). The Morgan fingerprint density at radius 2 is 1.74 bits per heavy atom. The summed E-state index contributed by atoms with van der Waals surface area (Å²) in [6.45, 7) is 0.419. The Bertz CT molecular complexity index is 781. The molecule has 4 nitrogen and oxygen atoms in total. The van der Waals surface area contributed by atoms with E-state index in [1.54, 1.807) is 0 Å². The fourth-order valence-corrected chi connectivity index (χ4v) is 4.64. The van der Waals surface area contributed by atoms with Crippen LogP contribution in [0.3, 0.4) is 0 Å². The second-order valence-electron chi connectivity index (χ2n) is 9.04. The molecule has 1 aromatic rings. The highest BCUT2D eigenvalue weighted by molar-refractivity contribution is 5.95. The number of halogens is 5. The van der Waals surface area contributed by atoms with E-state index in [0.717, 1.165) is 50.7 Å². The highest BCUT2D eigenvalue weighted by Gasteiger charge is 2.44. The predicted molar refractivity (Wildman–Crippen MR) is 104 cm³/mol. The Morgan fingerprint density at radius 1 is 1.10 bits per heavy atom. The van der Waals surface area contributed by atoms with Crippen molar-refractivity contribution < 1.29 is 31.5 Å². The van der Waals surface area contributed by atoms with Gasteiger partial charge < -0.3 is 10.1 Å². The van der Waals surface area contributed by atoms with Crippen molar-refractivity contribution in [2.45, 2.75) is 50.7 Å². The highest BCUT2D eigenvalue weighted by Crippen LogP contribution is 2.49. The molecule has 1 amide bonds. The van der Waals surface area contributed by atoms with Crippen LogP contribution < -0.4 is 10.1 Å². The molecule has 2 saturated carbocycles. The van der Waals surface area contributed by atoms with Gasteiger partial charge in [0.25, 0.3) is 5.91 Å². The van der Waals surface area contributed by atoms with Gasteiger partial charge in [-0.25, -0.2) is 8.78 Å². The third-order valence-corrected chi connectivity index (χ3v) is 6.53. The Hall–Kier alpha value is -1.90. The molecule has 2 aliphatic carbocycles. The first-order valence-electron chi connectivity index (χ1n) is 10.9. The molecule has 2 atom stereocenters. The summed E-state index contributed by atoms with van der Waals surface area (Å²) in [7, 11) is 0. The summed E-state index contributed by atoms with van der Waals surface area (Å²) in [4.78, 5) is 13.4. The van der Waals surface area contributed by atoms with Crippen LogP contribution in [-0.4, -0.2) is 49.3 Å².